The zero-order valence-corrected chi connectivity index (χ0v) is 11.9. The molecule has 1 aromatic carbocycles. The van der Waals surface area contributed by atoms with Crippen LogP contribution in [-0.4, -0.2) is 28.5 Å². The van der Waals surface area contributed by atoms with E-state index in [2.05, 4.69) is 5.32 Å². The first kappa shape index (κ1) is 15.6. The number of thioether (sulfide) groups is 1. The summed E-state index contributed by atoms with van der Waals surface area (Å²) in [6.07, 6.45) is 2.30. The van der Waals surface area contributed by atoms with E-state index in [9.17, 15) is 9.59 Å². The van der Waals surface area contributed by atoms with Gasteiger partial charge in [-0.3, -0.25) is 9.59 Å². The van der Waals surface area contributed by atoms with Crippen molar-refractivity contribution < 1.29 is 14.7 Å². The number of benzene rings is 1. The van der Waals surface area contributed by atoms with E-state index >= 15 is 0 Å². The number of hydrogen-bond donors (Lipinski definition) is 2. The zero-order chi connectivity index (χ0) is 14.3. The fourth-order valence-electron chi connectivity index (χ4n) is 1.67. The van der Waals surface area contributed by atoms with E-state index in [1.807, 2.05) is 43.5 Å². The van der Waals surface area contributed by atoms with Gasteiger partial charge in [0.05, 0.1) is 11.3 Å². The van der Waals surface area contributed by atoms with Gasteiger partial charge >= 0.3 is 5.97 Å². The predicted octanol–water partition coefficient (Wildman–Crippen LogP) is 2.46. The minimum atomic E-state index is -0.854. The number of carbonyl (C=O) groups is 2. The minimum Gasteiger partial charge on any atom is -0.481 e. The molecule has 0 saturated carbocycles. The molecule has 2 N–H and O–H groups in total. The van der Waals surface area contributed by atoms with Gasteiger partial charge < -0.3 is 10.4 Å². The zero-order valence-electron chi connectivity index (χ0n) is 11.1. The molecular weight excluding hydrogens is 262 g/mol. The van der Waals surface area contributed by atoms with Crippen LogP contribution in [0.1, 0.15) is 31.4 Å². The Balaban J connectivity index is 2.75. The van der Waals surface area contributed by atoms with Gasteiger partial charge in [-0.05, 0) is 25.2 Å². The molecule has 0 fully saturated rings. The fourth-order valence-corrected chi connectivity index (χ4v) is 1.95. The van der Waals surface area contributed by atoms with Crippen LogP contribution in [0.5, 0.6) is 0 Å². The van der Waals surface area contributed by atoms with E-state index < -0.39 is 5.97 Å². The van der Waals surface area contributed by atoms with Crippen molar-refractivity contribution >= 4 is 23.6 Å². The molecule has 5 heteroatoms. The number of aliphatic carboxylic acids is 1. The molecule has 0 aliphatic rings. The summed E-state index contributed by atoms with van der Waals surface area (Å²) in [6.45, 7) is 1.83. The molecule has 104 valence electrons. The maximum absolute atomic E-state index is 11.9. The minimum absolute atomic E-state index is 0.0352. The second-order valence-corrected chi connectivity index (χ2v) is 5.46. The summed E-state index contributed by atoms with van der Waals surface area (Å²) in [7, 11) is 0. The molecule has 1 amide bonds. The molecule has 0 spiro atoms. The lowest BCUT2D eigenvalue weighted by Gasteiger charge is -2.20. The summed E-state index contributed by atoms with van der Waals surface area (Å²) in [5.41, 5.74) is 0.936. The lowest BCUT2D eigenvalue weighted by Crippen LogP contribution is -2.34. The second kappa shape index (κ2) is 7.84. The first-order chi connectivity index (χ1) is 9.04. The van der Waals surface area contributed by atoms with Crippen LogP contribution in [0.15, 0.2) is 30.3 Å². The Labute approximate surface area is 117 Å². The van der Waals surface area contributed by atoms with Crippen LogP contribution in [0.3, 0.4) is 0 Å². The molecule has 0 bridgehead atoms. The highest BCUT2D eigenvalue weighted by atomic mass is 32.2. The maximum Gasteiger partial charge on any atom is 0.303 e. The van der Waals surface area contributed by atoms with Crippen molar-refractivity contribution in [2.45, 2.75) is 31.1 Å². The molecule has 0 aromatic heterocycles. The summed E-state index contributed by atoms with van der Waals surface area (Å²) in [5, 5.41) is 11.6. The molecule has 0 heterocycles. The van der Waals surface area contributed by atoms with E-state index in [1.54, 1.807) is 0 Å². The van der Waals surface area contributed by atoms with Gasteiger partial charge in [0.25, 0.3) is 0 Å². The van der Waals surface area contributed by atoms with Crippen molar-refractivity contribution in [1.82, 2.24) is 5.32 Å². The van der Waals surface area contributed by atoms with Crippen LogP contribution in [0, 0.1) is 0 Å². The largest absolute Gasteiger partial charge is 0.481 e. The third-order valence-electron chi connectivity index (χ3n) is 2.89. The Bertz CT molecular complexity index is 422. The number of hydrogen-bond acceptors (Lipinski definition) is 3. The number of carboxylic acids is 1. The molecule has 2 unspecified atom stereocenters. The average Bonchev–Trinajstić information content (AvgIpc) is 2.42. The van der Waals surface area contributed by atoms with Crippen LogP contribution in [0.25, 0.3) is 0 Å². The number of nitrogens with one attached hydrogen (secondary N) is 1. The quantitative estimate of drug-likeness (QED) is 0.805. The molecule has 19 heavy (non-hydrogen) atoms. The van der Waals surface area contributed by atoms with E-state index in [0.717, 1.165) is 5.56 Å². The molecule has 4 nitrogen and oxygen atoms in total. The van der Waals surface area contributed by atoms with Gasteiger partial charge in [0.15, 0.2) is 0 Å². The van der Waals surface area contributed by atoms with E-state index in [1.165, 1.54) is 11.8 Å². The summed E-state index contributed by atoms with van der Waals surface area (Å²) in [4.78, 5) is 22.6. The summed E-state index contributed by atoms with van der Waals surface area (Å²) in [6, 6.07) is 9.21. The normalized spacial score (nSPS) is 13.6. The van der Waals surface area contributed by atoms with Gasteiger partial charge in [-0.1, -0.05) is 30.3 Å². The highest BCUT2D eigenvalue weighted by Gasteiger charge is 2.19. The number of carbonyl (C=O) groups excluding carboxylic acids is 1. The first-order valence-corrected chi connectivity index (χ1v) is 7.43. The lowest BCUT2D eigenvalue weighted by molar-refractivity contribution is -0.137. The Morgan fingerprint density at radius 2 is 1.95 bits per heavy atom. The standard InChI is InChI=1S/C14H19NO3S/c1-10(19-2)14(18)15-12(8-9-13(16)17)11-6-4-3-5-7-11/h3-7,10,12H,8-9H2,1-2H3,(H,15,18)(H,16,17). The number of amides is 1. The van der Waals surface area contributed by atoms with Crippen molar-refractivity contribution in [3.63, 3.8) is 0 Å². The van der Waals surface area contributed by atoms with Crippen LogP contribution in [0.4, 0.5) is 0 Å². The van der Waals surface area contributed by atoms with Gasteiger partial charge in [-0.2, -0.15) is 11.8 Å². The predicted molar refractivity (Wildman–Crippen MR) is 77.2 cm³/mol. The van der Waals surface area contributed by atoms with Crippen LogP contribution < -0.4 is 5.32 Å². The van der Waals surface area contributed by atoms with Crippen LogP contribution in [-0.2, 0) is 9.59 Å². The molecule has 2 atom stereocenters. The molecule has 1 rings (SSSR count). The molecule has 1 aromatic rings. The monoisotopic (exact) mass is 281 g/mol. The van der Waals surface area contributed by atoms with Gasteiger partial charge in [0, 0.05) is 6.42 Å². The molecular formula is C14H19NO3S. The summed E-state index contributed by atoms with van der Waals surface area (Å²) >= 11 is 1.47. The Hall–Kier alpha value is -1.49. The van der Waals surface area contributed by atoms with Crippen LogP contribution in [0.2, 0.25) is 0 Å². The van der Waals surface area contributed by atoms with Gasteiger partial charge in [0.1, 0.15) is 0 Å². The van der Waals surface area contributed by atoms with Gasteiger partial charge in [-0.15, -0.1) is 0 Å². The van der Waals surface area contributed by atoms with E-state index in [-0.39, 0.29) is 23.6 Å². The topological polar surface area (TPSA) is 66.4 Å². The Morgan fingerprint density at radius 1 is 1.32 bits per heavy atom. The van der Waals surface area contributed by atoms with Crippen molar-refractivity contribution in [2.24, 2.45) is 0 Å². The highest BCUT2D eigenvalue weighted by molar-refractivity contribution is 7.99. The fraction of sp³-hybridized carbons (Fsp3) is 0.429. The smallest absolute Gasteiger partial charge is 0.303 e. The molecule has 0 saturated heterocycles. The Kier molecular flexibility index (Phi) is 6.42. The summed E-state index contributed by atoms with van der Waals surface area (Å²) < 4.78 is 0. The van der Waals surface area contributed by atoms with Gasteiger partial charge in [0.2, 0.25) is 5.91 Å². The SMILES string of the molecule is CSC(C)C(=O)NC(CCC(=O)O)c1ccccc1. The maximum atomic E-state index is 11.9. The summed E-state index contributed by atoms with van der Waals surface area (Å²) in [5.74, 6) is -0.917. The lowest BCUT2D eigenvalue weighted by atomic mass is 10.0. The number of carboxylic acid groups (broad SMARTS) is 1. The van der Waals surface area contributed by atoms with E-state index in [0.29, 0.717) is 6.42 Å². The molecule has 0 radical (unpaired) electrons. The van der Waals surface area contributed by atoms with Crippen molar-refractivity contribution in [3.05, 3.63) is 35.9 Å². The third-order valence-corrected chi connectivity index (χ3v) is 3.81. The molecule has 0 aliphatic heterocycles. The van der Waals surface area contributed by atoms with Crippen molar-refractivity contribution in [1.29, 1.82) is 0 Å². The molecule has 0 aliphatic carbocycles. The average molecular weight is 281 g/mol. The third kappa shape index (κ3) is 5.34. The highest BCUT2D eigenvalue weighted by Crippen LogP contribution is 2.19. The number of rotatable bonds is 7. The first-order valence-electron chi connectivity index (χ1n) is 6.14. The van der Waals surface area contributed by atoms with Crippen LogP contribution >= 0.6 is 11.8 Å². The second-order valence-electron chi connectivity index (χ2n) is 4.28. The van der Waals surface area contributed by atoms with E-state index in [4.69, 9.17) is 5.11 Å². The van der Waals surface area contributed by atoms with Gasteiger partial charge in [-0.25, -0.2) is 0 Å². The Morgan fingerprint density at radius 3 is 2.47 bits per heavy atom. The van der Waals surface area contributed by atoms with Crippen molar-refractivity contribution in [2.75, 3.05) is 6.26 Å². The van der Waals surface area contributed by atoms with Crippen molar-refractivity contribution in [3.8, 4) is 0 Å².